The zero-order chi connectivity index (χ0) is 11.5. The van der Waals surface area contributed by atoms with Gasteiger partial charge in [0.15, 0.2) is 0 Å². The molecule has 3 nitrogen and oxygen atoms in total. The molecular weight excluding hydrogens is 230 g/mol. The predicted molar refractivity (Wildman–Crippen MR) is 69.1 cm³/mol. The van der Waals surface area contributed by atoms with Crippen LogP contribution >= 0.6 is 11.3 Å². The summed E-state index contributed by atoms with van der Waals surface area (Å²) in [4.78, 5) is 0. The lowest BCUT2D eigenvalue weighted by Gasteiger charge is -1.99. The van der Waals surface area contributed by atoms with Crippen molar-refractivity contribution in [1.82, 2.24) is 15.0 Å². The van der Waals surface area contributed by atoms with Crippen LogP contribution in [-0.4, -0.2) is 15.0 Å². The summed E-state index contributed by atoms with van der Waals surface area (Å²) in [6, 6.07) is 2.16. The lowest BCUT2D eigenvalue weighted by atomic mass is 10.1. The highest BCUT2D eigenvalue weighted by Gasteiger charge is 2.11. The quantitative estimate of drug-likeness (QED) is 0.826. The fourth-order valence-corrected chi connectivity index (χ4v) is 2.59. The number of nitrogens with zero attached hydrogens (tertiary/aromatic N) is 3. The van der Waals surface area contributed by atoms with Gasteiger partial charge in [-0.05, 0) is 28.8 Å². The van der Waals surface area contributed by atoms with Crippen LogP contribution in [0.25, 0.3) is 0 Å². The summed E-state index contributed by atoms with van der Waals surface area (Å²) in [6.07, 6.45) is 11.4. The summed E-state index contributed by atoms with van der Waals surface area (Å²) in [5, 5.41) is 12.7. The van der Waals surface area contributed by atoms with Crippen LogP contribution in [0.5, 0.6) is 0 Å². The van der Waals surface area contributed by atoms with E-state index >= 15 is 0 Å². The van der Waals surface area contributed by atoms with E-state index < -0.39 is 0 Å². The molecule has 4 heteroatoms. The molecule has 0 fully saturated rings. The van der Waals surface area contributed by atoms with Gasteiger partial charge in [0.05, 0.1) is 5.69 Å². The van der Waals surface area contributed by atoms with E-state index in [0.29, 0.717) is 5.92 Å². The highest BCUT2D eigenvalue weighted by Crippen LogP contribution is 2.20. The Balaban J connectivity index is 1.64. The minimum Gasteiger partial charge on any atom is -0.252 e. The van der Waals surface area contributed by atoms with Gasteiger partial charge in [0.2, 0.25) is 0 Å². The molecule has 0 bridgehead atoms. The summed E-state index contributed by atoms with van der Waals surface area (Å²) in [5.74, 6) is 0.310. The van der Waals surface area contributed by atoms with Crippen molar-refractivity contribution in [3.8, 4) is 0 Å². The average Bonchev–Trinajstić information content (AvgIpc) is 3.09. The number of hydrogen-bond donors (Lipinski definition) is 0. The number of rotatable bonds is 4. The first kappa shape index (κ1) is 10.5. The average molecular weight is 243 g/mol. The molecule has 0 aromatic carbocycles. The third-order valence-corrected chi connectivity index (χ3v) is 3.59. The van der Waals surface area contributed by atoms with Crippen molar-refractivity contribution in [3.05, 3.63) is 58.6 Å². The summed E-state index contributed by atoms with van der Waals surface area (Å²) >= 11 is 1.74. The Morgan fingerprint density at radius 3 is 2.94 bits per heavy atom. The van der Waals surface area contributed by atoms with Gasteiger partial charge in [-0.15, -0.1) is 5.10 Å². The molecule has 1 aliphatic rings. The second kappa shape index (κ2) is 4.67. The smallest absolute Gasteiger partial charge is 0.0933 e. The van der Waals surface area contributed by atoms with Gasteiger partial charge < -0.3 is 0 Å². The minimum atomic E-state index is 0.310. The van der Waals surface area contributed by atoms with Crippen LogP contribution in [0.4, 0.5) is 0 Å². The van der Waals surface area contributed by atoms with E-state index in [4.69, 9.17) is 0 Å². The van der Waals surface area contributed by atoms with Crippen LogP contribution in [0, 0.1) is 0 Å². The Hall–Kier alpha value is -1.68. The summed E-state index contributed by atoms with van der Waals surface area (Å²) in [6.45, 7) is 0.893. The highest BCUT2D eigenvalue weighted by atomic mass is 32.1. The van der Waals surface area contributed by atoms with Crippen molar-refractivity contribution in [2.75, 3.05) is 0 Å². The molecule has 0 amide bonds. The van der Waals surface area contributed by atoms with Gasteiger partial charge in [0, 0.05) is 18.7 Å². The number of aryl methyl sites for hydroxylation is 2. The minimum absolute atomic E-state index is 0.310. The van der Waals surface area contributed by atoms with Crippen molar-refractivity contribution in [1.29, 1.82) is 0 Å². The molecule has 2 aromatic rings. The van der Waals surface area contributed by atoms with Crippen LogP contribution in [0.2, 0.25) is 0 Å². The van der Waals surface area contributed by atoms with Crippen LogP contribution in [-0.2, 0) is 13.0 Å². The molecule has 0 radical (unpaired) electrons. The normalized spacial score (nSPS) is 14.8. The highest BCUT2D eigenvalue weighted by molar-refractivity contribution is 7.07. The van der Waals surface area contributed by atoms with Crippen LogP contribution in [0.3, 0.4) is 0 Å². The molecule has 2 heterocycles. The van der Waals surface area contributed by atoms with Crippen molar-refractivity contribution >= 4 is 11.3 Å². The lowest BCUT2D eigenvalue weighted by molar-refractivity contribution is 0.589. The maximum absolute atomic E-state index is 4.21. The van der Waals surface area contributed by atoms with Crippen molar-refractivity contribution in [2.45, 2.75) is 18.9 Å². The van der Waals surface area contributed by atoms with Crippen LogP contribution in [0.15, 0.2) is 47.3 Å². The molecular formula is C13H13N3S. The van der Waals surface area contributed by atoms with Crippen LogP contribution < -0.4 is 0 Å². The monoisotopic (exact) mass is 243 g/mol. The molecule has 1 aliphatic carbocycles. The first-order valence-electron chi connectivity index (χ1n) is 5.68. The van der Waals surface area contributed by atoms with Gasteiger partial charge in [-0.25, -0.2) is 0 Å². The maximum atomic E-state index is 4.21. The van der Waals surface area contributed by atoms with Crippen molar-refractivity contribution in [3.63, 3.8) is 0 Å². The van der Waals surface area contributed by atoms with Crippen molar-refractivity contribution in [2.24, 2.45) is 0 Å². The Kier molecular flexibility index (Phi) is 2.88. The molecule has 3 rings (SSSR count). The molecule has 0 spiro atoms. The Labute approximate surface area is 104 Å². The third-order valence-electron chi connectivity index (χ3n) is 2.86. The lowest BCUT2D eigenvalue weighted by Crippen LogP contribution is -2.01. The first-order valence-corrected chi connectivity index (χ1v) is 6.62. The fraction of sp³-hybridized carbons (Fsp3) is 0.231. The Morgan fingerprint density at radius 2 is 2.18 bits per heavy atom. The van der Waals surface area contributed by atoms with E-state index in [9.17, 15) is 0 Å². The zero-order valence-electron chi connectivity index (χ0n) is 9.36. The van der Waals surface area contributed by atoms with Crippen LogP contribution in [0.1, 0.15) is 17.2 Å². The maximum Gasteiger partial charge on any atom is 0.0933 e. The largest absolute Gasteiger partial charge is 0.252 e. The van der Waals surface area contributed by atoms with E-state index in [-0.39, 0.29) is 0 Å². The molecule has 0 N–H and O–H groups in total. The van der Waals surface area contributed by atoms with Gasteiger partial charge >= 0.3 is 0 Å². The van der Waals surface area contributed by atoms with Crippen molar-refractivity contribution < 1.29 is 0 Å². The summed E-state index contributed by atoms with van der Waals surface area (Å²) in [5.41, 5.74) is 2.40. The Morgan fingerprint density at radius 1 is 1.29 bits per heavy atom. The molecule has 0 atom stereocenters. The van der Waals surface area contributed by atoms with Gasteiger partial charge in [-0.2, -0.15) is 11.3 Å². The molecule has 86 valence electrons. The molecule has 17 heavy (non-hydrogen) atoms. The van der Waals surface area contributed by atoms with E-state index in [2.05, 4.69) is 51.4 Å². The van der Waals surface area contributed by atoms with E-state index in [1.807, 2.05) is 10.9 Å². The van der Waals surface area contributed by atoms with E-state index in [1.165, 1.54) is 5.56 Å². The summed E-state index contributed by atoms with van der Waals surface area (Å²) in [7, 11) is 0. The molecule has 2 aromatic heterocycles. The predicted octanol–water partition coefficient (Wildman–Crippen LogP) is 2.79. The van der Waals surface area contributed by atoms with E-state index in [1.54, 1.807) is 11.3 Å². The van der Waals surface area contributed by atoms with Gasteiger partial charge in [0.25, 0.3) is 0 Å². The number of thiophene rings is 1. The second-order valence-corrected chi connectivity index (χ2v) is 4.86. The van der Waals surface area contributed by atoms with Gasteiger partial charge in [-0.3, -0.25) is 4.68 Å². The zero-order valence-corrected chi connectivity index (χ0v) is 10.2. The topological polar surface area (TPSA) is 30.7 Å². The molecule has 0 unspecified atom stereocenters. The molecule has 0 saturated carbocycles. The van der Waals surface area contributed by atoms with Gasteiger partial charge in [-0.1, -0.05) is 29.5 Å². The summed E-state index contributed by atoms with van der Waals surface area (Å²) < 4.78 is 1.92. The number of allylic oxidation sites excluding steroid dienone is 4. The number of aromatic nitrogens is 3. The first-order chi connectivity index (χ1) is 8.42. The van der Waals surface area contributed by atoms with E-state index in [0.717, 1.165) is 18.7 Å². The SMILES string of the molecule is C1=CC(c2cn(CCc3ccsc3)nn2)C=C1. The standard InChI is InChI=1S/C13H13N3S/c1-2-4-12(3-1)13-9-16(15-14-13)7-5-11-6-8-17-10-11/h1-4,6,8-10,12H,5,7H2. The third kappa shape index (κ3) is 2.36. The second-order valence-electron chi connectivity index (χ2n) is 4.08. The Bertz CT molecular complexity index is 525. The molecule has 0 saturated heterocycles. The fourth-order valence-electron chi connectivity index (χ4n) is 1.88. The van der Waals surface area contributed by atoms with Gasteiger partial charge in [0.1, 0.15) is 0 Å². The number of hydrogen-bond acceptors (Lipinski definition) is 3. The molecule has 0 aliphatic heterocycles.